The Balaban J connectivity index is 2.77. The molecule has 106 valence electrons. The lowest BCUT2D eigenvalue weighted by molar-refractivity contribution is -0.138. The second-order valence-corrected chi connectivity index (χ2v) is 6.01. The minimum atomic E-state index is -4.55. The molecule has 2 aromatic rings. The minimum absolute atomic E-state index is 0.0829. The summed E-state index contributed by atoms with van der Waals surface area (Å²) in [6.07, 6.45) is -3.26. The van der Waals surface area contributed by atoms with Crippen LogP contribution in [0.5, 0.6) is 0 Å². The van der Waals surface area contributed by atoms with Crippen LogP contribution in [0.15, 0.2) is 24.4 Å². The Hall–Kier alpha value is -0.240. The van der Waals surface area contributed by atoms with E-state index in [1.54, 1.807) is 0 Å². The van der Waals surface area contributed by atoms with Gasteiger partial charge in [0.25, 0.3) is 0 Å². The number of hydrogen-bond acceptors (Lipinski definition) is 1. The first-order chi connectivity index (χ1) is 9.21. The van der Waals surface area contributed by atoms with E-state index in [9.17, 15) is 13.2 Å². The van der Waals surface area contributed by atoms with Gasteiger partial charge in [0.05, 0.1) is 15.6 Å². The smallest absolute Gasteiger partial charge is 0.250 e. The summed E-state index contributed by atoms with van der Waals surface area (Å²) in [6.45, 7) is 0. The summed E-state index contributed by atoms with van der Waals surface area (Å²) in [6, 6.07) is 3.87. The topological polar surface area (TPSA) is 12.9 Å². The van der Waals surface area contributed by atoms with Gasteiger partial charge in [0.1, 0.15) is 3.70 Å². The summed E-state index contributed by atoms with van der Waals surface area (Å²) in [5.74, 6) is 0. The predicted octanol–water partition coefficient (Wildman–Crippen LogP) is 6.33. The van der Waals surface area contributed by atoms with Crippen LogP contribution >= 0.6 is 57.4 Å². The molecule has 0 amide bonds. The summed E-state index contributed by atoms with van der Waals surface area (Å²) in [4.78, 5) is 3.67. The first-order valence-electron chi connectivity index (χ1n) is 5.08. The van der Waals surface area contributed by atoms with E-state index < -0.39 is 11.7 Å². The van der Waals surface area contributed by atoms with Crippen molar-refractivity contribution < 1.29 is 13.2 Å². The Morgan fingerprint density at radius 3 is 2.15 bits per heavy atom. The molecule has 0 atom stereocenters. The van der Waals surface area contributed by atoms with Crippen LogP contribution in [0.3, 0.4) is 0 Å². The zero-order valence-electron chi connectivity index (χ0n) is 9.40. The van der Waals surface area contributed by atoms with Crippen LogP contribution < -0.4 is 0 Å². The Morgan fingerprint density at radius 2 is 1.55 bits per heavy atom. The van der Waals surface area contributed by atoms with Gasteiger partial charge in [-0.15, -0.1) is 0 Å². The van der Waals surface area contributed by atoms with Crippen LogP contribution in [-0.2, 0) is 6.18 Å². The molecule has 0 bridgehead atoms. The molecule has 1 aromatic carbocycles. The average Bonchev–Trinajstić information content (AvgIpc) is 2.32. The van der Waals surface area contributed by atoms with Crippen LogP contribution in [0, 0.1) is 3.70 Å². The lowest BCUT2D eigenvalue weighted by atomic mass is 10.0. The number of rotatable bonds is 1. The Kier molecular flexibility index (Phi) is 4.73. The average molecular weight is 452 g/mol. The predicted molar refractivity (Wildman–Crippen MR) is 82.4 cm³/mol. The molecule has 1 heterocycles. The van der Waals surface area contributed by atoms with Gasteiger partial charge in [0.15, 0.2) is 0 Å². The van der Waals surface area contributed by atoms with Crippen LogP contribution in [0.25, 0.3) is 11.1 Å². The van der Waals surface area contributed by atoms with Crippen LogP contribution in [0.1, 0.15) is 5.56 Å². The van der Waals surface area contributed by atoms with Gasteiger partial charge >= 0.3 is 6.18 Å². The summed E-state index contributed by atoms with van der Waals surface area (Å²) >= 11 is 19.1. The minimum Gasteiger partial charge on any atom is -0.250 e. The van der Waals surface area contributed by atoms with Crippen molar-refractivity contribution in [3.05, 3.63) is 48.7 Å². The fourth-order valence-corrected chi connectivity index (χ4v) is 3.07. The maximum Gasteiger partial charge on any atom is 0.419 e. The highest BCUT2D eigenvalue weighted by Crippen LogP contribution is 2.43. The van der Waals surface area contributed by atoms with Crippen LogP contribution in [0.4, 0.5) is 13.2 Å². The molecule has 0 spiro atoms. The zero-order chi connectivity index (χ0) is 15.1. The third-order valence-corrected chi connectivity index (χ3v) is 4.34. The van der Waals surface area contributed by atoms with Gasteiger partial charge in [-0.3, -0.25) is 0 Å². The summed E-state index contributed by atoms with van der Waals surface area (Å²) in [5, 5.41) is 0.399. The Bertz CT molecular complexity index is 674. The summed E-state index contributed by atoms with van der Waals surface area (Å²) in [5.41, 5.74) is -0.768. The van der Waals surface area contributed by atoms with E-state index >= 15 is 0 Å². The van der Waals surface area contributed by atoms with Crippen molar-refractivity contribution in [2.75, 3.05) is 0 Å². The maximum atomic E-state index is 13.2. The molecule has 0 N–H and O–H groups in total. The number of alkyl halides is 3. The molecule has 0 unspecified atom stereocenters. The first-order valence-corrected chi connectivity index (χ1v) is 7.29. The van der Waals surface area contributed by atoms with Crippen molar-refractivity contribution in [3.8, 4) is 11.1 Å². The maximum absolute atomic E-state index is 13.2. The lowest BCUT2D eigenvalue weighted by Gasteiger charge is -2.15. The Labute approximate surface area is 141 Å². The highest BCUT2D eigenvalue weighted by molar-refractivity contribution is 14.1. The lowest BCUT2D eigenvalue weighted by Crippen LogP contribution is -2.11. The number of pyridine rings is 1. The second kappa shape index (κ2) is 5.87. The fraction of sp³-hybridized carbons (Fsp3) is 0.0833. The highest BCUT2D eigenvalue weighted by atomic mass is 127. The summed E-state index contributed by atoms with van der Waals surface area (Å²) < 4.78 is 39.3. The van der Waals surface area contributed by atoms with E-state index in [0.717, 1.165) is 0 Å². The number of benzene rings is 1. The molecule has 1 nitrogen and oxygen atoms in total. The Morgan fingerprint density at radius 1 is 0.950 bits per heavy atom. The molecule has 0 aliphatic rings. The van der Waals surface area contributed by atoms with Crippen LogP contribution in [-0.4, -0.2) is 4.98 Å². The van der Waals surface area contributed by atoms with E-state index in [1.807, 2.05) is 0 Å². The molecular formula is C12H4Cl3F3IN. The molecule has 2 rings (SSSR count). The van der Waals surface area contributed by atoms with E-state index in [0.29, 0.717) is 0 Å². The molecule has 1 aromatic heterocycles. The van der Waals surface area contributed by atoms with E-state index in [-0.39, 0.29) is 29.9 Å². The third-order valence-electron chi connectivity index (χ3n) is 2.49. The van der Waals surface area contributed by atoms with Crippen molar-refractivity contribution >= 4 is 57.4 Å². The van der Waals surface area contributed by atoms with Gasteiger partial charge in [-0.1, -0.05) is 34.8 Å². The van der Waals surface area contributed by atoms with Crippen molar-refractivity contribution in [2.45, 2.75) is 6.18 Å². The molecule has 0 radical (unpaired) electrons. The number of nitrogens with zero attached hydrogens (tertiary/aromatic N) is 1. The van der Waals surface area contributed by atoms with Crippen LogP contribution in [0.2, 0.25) is 15.1 Å². The SMILES string of the molecule is FC(F)(F)c1c(-c2cc(Cl)c(Cl)cc2Cl)ccnc1I. The van der Waals surface area contributed by atoms with Gasteiger partial charge in [-0.05, 0) is 46.4 Å². The highest BCUT2D eigenvalue weighted by Gasteiger charge is 2.37. The zero-order valence-corrected chi connectivity index (χ0v) is 13.8. The molecule has 0 saturated heterocycles. The van der Waals surface area contributed by atoms with E-state index in [4.69, 9.17) is 34.8 Å². The van der Waals surface area contributed by atoms with Gasteiger partial charge in [0.2, 0.25) is 0 Å². The van der Waals surface area contributed by atoms with E-state index in [1.165, 1.54) is 47.0 Å². The van der Waals surface area contributed by atoms with E-state index in [2.05, 4.69) is 4.98 Å². The van der Waals surface area contributed by atoms with Crippen molar-refractivity contribution in [2.24, 2.45) is 0 Å². The van der Waals surface area contributed by atoms with Gasteiger partial charge in [-0.25, -0.2) is 4.98 Å². The molecule has 20 heavy (non-hydrogen) atoms. The molecule has 0 aliphatic heterocycles. The number of aromatic nitrogens is 1. The first kappa shape index (κ1) is 16.1. The second-order valence-electron chi connectivity index (χ2n) is 3.77. The number of hydrogen-bond donors (Lipinski definition) is 0. The molecular weight excluding hydrogens is 448 g/mol. The molecule has 0 fully saturated rings. The van der Waals surface area contributed by atoms with Gasteiger partial charge < -0.3 is 0 Å². The van der Waals surface area contributed by atoms with Gasteiger partial charge in [-0.2, -0.15) is 13.2 Å². The number of halogens is 7. The van der Waals surface area contributed by atoms with Crippen molar-refractivity contribution in [3.63, 3.8) is 0 Å². The third kappa shape index (κ3) is 3.16. The molecule has 0 saturated carbocycles. The molecule has 8 heteroatoms. The normalized spacial score (nSPS) is 11.8. The van der Waals surface area contributed by atoms with Gasteiger partial charge in [0, 0.05) is 16.8 Å². The molecule has 0 aliphatic carbocycles. The monoisotopic (exact) mass is 451 g/mol. The van der Waals surface area contributed by atoms with Crippen molar-refractivity contribution in [1.29, 1.82) is 0 Å². The van der Waals surface area contributed by atoms with Crippen molar-refractivity contribution in [1.82, 2.24) is 4.98 Å². The standard InChI is InChI=1S/C12H4Cl3F3IN/c13-7-4-9(15)8(14)3-6(7)5-1-2-20-11(19)10(5)12(16,17)18/h1-4H. The largest absolute Gasteiger partial charge is 0.419 e. The quantitative estimate of drug-likeness (QED) is 0.280. The fourth-order valence-electron chi connectivity index (χ4n) is 1.66. The summed E-state index contributed by atoms with van der Waals surface area (Å²) in [7, 11) is 0.